The molecule has 0 aliphatic rings. The van der Waals surface area contributed by atoms with Gasteiger partial charge in [0.1, 0.15) is 0 Å². The van der Waals surface area contributed by atoms with Crippen molar-refractivity contribution in [1.29, 1.82) is 0 Å². The Morgan fingerprint density at radius 3 is 0.962 bits per heavy atom. The molecule has 0 aliphatic heterocycles. The number of benzene rings is 9. The third kappa shape index (κ3) is 5.97. The zero-order valence-corrected chi connectivity index (χ0v) is 28.5. The third-order valence-electron chi connectivity index (χ3n) is 9.74. The summed E-state index contributed by atoms with van der Waals surface area (Å²) in [5, 5.41) is 4.72. The van der Waals surface area contributed by atoms with Crippen LogP contribution in [0, 0.1) is 0 Å². The van der Waals surface area contributed by atoms with E-state index >= 15 is 0 Å². The summed E-state index contributed by atoms with van der Waals surface area (Å²) in [5.41, 5.74) is 10.9. The fourth-order valence-electron chi connectivity index (χ4n) is 7.18. The molecule has 0 radical (unpaired) electrons. The van der Waals surface area contributed by atoms with Crippen molar-refractivity contribution in [1.82, 2.24) is 0 Å². The molecule has 9 aromatic rings. The van der Waals surface area contributed by atoms with Gasteiger partial charge in [0.05, 0.1) is 14.1 Å². The molecule has 0 saturated heterocycles. The first-order valence-electron chi connectivity index (χ1n) is 18.6. The summed E-state index contributed by atoms with van der Waals surface area (Å²) >= 11 is 0. The maximum absolute atomic E-state index is 8.06. The molecule has 0 N–H and O–H groups in total. The molecule has 9 aromatic carbocycles. The van der Waals surface area contributed by atoms with Gasteiger partial charge in [-0.1, -0.05) is 158 Å². The lowest BCUT2D eigenvalue weighted by Gasteiger charge is -2.27. The van der Waals surface area contributed by atoms with Crippen LogP contribution >= 0.6 is 0 Å². The van der Waals surface area contributed by atoms with Crippen molar-refractivity contribution < 1.29 is 2.74 Å². The van der Waals surface area contributed by atoms with E-state index in [-0.39, 0.29) is 0 Å². The van der Waals surface area contributed by atoms with Gasteiger partial charge in [-0.05, 0) is 93.7 Å². The Bertz CT molecular complexity index is 2500. The van der Waals surface area contributed by atoms with Gasteiger partial charge in [0, 0.05) is 33.5 Å². The summed E-state index contributed by atoms with van der Waals surface area (Å²) in [5.74, 6) is 0. The van der Waals surface area contributed by atoms with Crippen LogP contribution in [0.1, 0.15) is 2.74 Å². The maximum Gasteiger partial charge on any atom is 0.0623 e. The van der Waals surface area contributed by atoms with Crippen molar-refractivity contribution in [2.75, 3.05) is 9.80 Å². The van der Waals surface area contributed by atoms with E-state index in [1.54, 1.807) is 0 Å². The van der Waals surface area contributed by atoms with E-state index in [0.29, 0.717) is 12.1 Å². The van der Waals surface area contributed by atoms with Crippen LogP contribution in [0.5, 0.6) is 0 Å². The smallest absolute Gasteiger partial charge is 0.0623 e. The van der Waals surface area contributed by atoms with E-state index in [4.69, 9.17) is 2.74 Å². The number of fused-ring (bicyclic) bond motifs is 2. The van der Waals surface area contributed by atoms with Crippen LogP contribution in [-0.4, -0.2) is 0 Å². The molecule has 0 unspecified atom stereocenters. The minimum Gasteiger partial charge on any atom is -0.310 e. The Morgan fingerprint density at radius 2 is 0.577 bits per heavy atom. The molecule has 0 aliphatic carbocycles. The Labute approximate surface area is 307 Å². The van der Waals surface area contributed by atoms with Crippen molar-refractivity contribution in [2.45, 2.75) is 0 Å². The fourth-order valence-corrected chi connectivity index (χ4v) is 7.18. The summed E-state index contributed by atoms with van der Waals surface area (Å²) in [6.45, 7) is 0. The predicted octanol–water partition coefficient (Wildman–Crippen LogP) is 14.3. The molecule has 2 nitrogen and oxygen atoms in total. The van der Waals surface area contributed by atoms with E-state index in [2.05, 4.69) is 168 Å². The normalized spacial score (nSPS) is 11.6. The lowest BCUT2D eigenvalue weighted by molar-refractivity contribution is 1.30. The largest absolute Gasteiger partial charge is 0.310 e. The molecule has 0 bridgehead atoms. The quantitative estimate of drug-likeness (QED) is 0.159. The van der Waals surface area contributed by atoms with Crippen molar-refractivity contribution in [3.63, 3.8) is 0 Å². The zero-order valence-electron chi connectivity index (χ0n) is 30.5. The second-order valence-corrected chi connectivity index (χ2v) is 12.9. The van der Waals surface area contributed by atoms with Crippen molar-refractivity contribution in [3.05, 3.63) is 218 Å². The van der Waals surface area contributed by atoms with Crippen molar-refractivity contribution >= 4 is 55.7 Å². The standard InChI is InChI=1S/C50H36N2/c1-3-17-43(18-4-1)51(49-23-11-15-41-13-7-9-21-47(41)49)45-33-29-39(30-34-45)37-25-27-38(28-26-37)40-31-35-46(36-32-40)52(44-19-5-2-6-20-44)50-24-12-16-42-14-8-10-22-48(42)50/h1-36H/i1D,2D. The molecule has 0 atom stereocenters. The molecule has 0 spiro atoms. The number of hydrogen-bond acceptors (Lipinski definition) is 2. The molecule has 9 rings (SSSR count). The average molecular weight is 667 g/mol. The Morgan fingerprint density at radius 1 is 0.269 bits per heavy atom. The van der Waals surface area contributed by atoms with Crippen LogP contribution in [-0.2, 0) is 0 Å². The maximum atomic E-state index is 8.06. The van der Waals surface area contributed by atoms with E-state index in [1.165, 1.54) is 21.5 Å². The highest BCUT2D eigenvalue weighted by Gasteiger charge is 2.17. The first kappa shape index (κ1) is 28.9. The number of para-hydroxylation sites is 2. The second-order valence-electron chi connectivity index (χ2n) is 12.9. The topological polar surface area (TPSA) is 6.48 Å². The SMILES string of the molecule is [2H]c1ccc(N(c2ccc(-c3ccc(-c4ccc(N(c5ccc([2H])cc5)c5cccc6ccccc56)cc4)cc3)cc2)c2cccc3ccccc23)cc1. The van der Waals surface area contributed by atoms with E-state index in [0.717, 1.165) is 56.4 Å². The second kappa shape index (κ2) is 13.8. The lowest BCUT2D eigenvalue weighted by atomic mass is 9.99. The Kier molecular flexibility index (Phi) is 7.66. The number of anilines is 6. The first-order valence-corrected chi connectivity index (χ1v) is 17.6. The van der Waals surface area contributed by atoms with Crippen LogP contribution in [0.15, 0.2) is 218 Å². The van der Waals surface area contributed by atoms with Gasteiger partial charge in [-0.2, -0.15) is 0 Å². The predicted molar refractivity (Wildman–Crippen MR) is 222 cm³/mol. The molecular weight excluding hydrogens is 629 g/mol. The van der Waals surface area contributed by atoms with Crippen LogP contribution < -0.4 is 9.80 Å². The van der Waals surface area contributed by atoms with Gasteiger partial charge in [0.25, 0.3) is 0 Å². The van der Waals surface area contributed by atoms with E-state index < -0.39 is 0 Å². The average Bonchev–Trinajstić information content (AvgIpc) is 3.23. The monoisotopic (exact) mass is 666 g/mol. The third-order valence-corrected chi connectivity index (χ3v) is 9.74. The zero-order chi connectivity index (χ0) is 36.4. The molecule has 0 fully saturated rings. The number of rotatable bonds is 8. The highest BCUT2D eigenvalue weighted by molar-refractivity contribution is 6.00. The van der Waals surface area contributed by atoms with E-state index in [9.17, 15) is 0 Å². The van der Waals surface area contributed by atoms with Gasteiger partial charge in [-0.15, -0.1) is 0 Å². The molecule has 0 heterocycles. The minimum absolute atomic E-state index is 0.491. The molecule has 0 saturated carbocycles. The van der Waals surface area contributed by atoms with Gasteiger partial charge < -0.3 is 9.80 Å². The van der Waals surface area contributed by atoms with Crippen LogP contribution in [0.25, 0.3) is 43.8 Å². The van der Waals surface area contributed by atoms with Gasteiger partial charge in [0.15, 0.2) is 0 Å². The van der Waals surface area contributed by atoms with Gasteiger partial charge in [-0.25, -0.2) is 0 Å². The molecule has 0 aromatic heterocycles. The van der Waals surface area contributed by atoms with Gasteiger partial charge >= 0.3 is 0 Å². The summed E-state index contributed by atoms with van der Waals surface area (Å²) < 4.78 is 16.1. The summed E-state index contributed by atoms with van der Waals surface area (Å²) in [6.07, 6.45) is 0. The molecule has 246 valence electrons. The van der Waals surface area contributed by atoms with E-state index in [1.807, 2.05) is 48.5 Å². The fraction of sp³-hybridized carbons (Fsp3) is 0. The Hall–Kier alpha value is -6.90. The number of nitrogens with zero attached hydrogens (tertiary/aromatic N) is 2. The lowest BCUT2D eigenvalue weighted by Crippen LogP contribution is -2.10. The molecule has 52 heavy (non-hydrogen) atoms. The van der Waals surface area contributed by atoms with Crippen molar-refractivity contribution in [2.24, 2.45) is 0 Å². The van der Waals surface area contributed by atoms with Crippen LogP contribution in [0.2, 0.25) is 0 Å². The van der Waals surface area contributed by atoms with Crippen LogP contribution in [0.3, 0.4) is 0 Å². The molecule has 0 amide bonds. The number of hydrogen-bond donors (Lipinski definition) is 0. The van der Waals surface area contributed by atoms with Gasteiger partial charge in [-0.3, -0.25) is 0 Å². The summed E-state index contributed by atoms with van der Waals surface area (Å²) in [4.78, 5) is 4.54. The molecular formula is C50H36N2. The highest BCUT2D eigenvalue weighted by atomic mass is 15.1. The first-order chi connectivity index (χ1) is 26.6. The summed E-state index contributed by atoms with van der Waals surface area (Å²) in [7, 11) is 0. The Balaban J connectivity index is 1.00. The summed E-state index contributed by atoms with van der Waals surface area (Å²) in [6, 6.07) is 72.4. The highest BCUT2D eigenvalue weighted by Crippen LogP contribution is 2.41. The van der Waals surface area contributed by atoms with Crippen LogP contribution in [0.4, 0.5) is 34.1 Å². The molecule has 2 heteroatoms. The van der Waals surface area contributed by atoms with Crippen molar-refractivity contribution in [3.8, 4) is 22.3 Å². The minimum atomic E-state index is 0.491. The van der Waals surface area contributed by atoms with Gasteiger partial charge in [0.2, 0.25) is 0 Å².